The minimum absolute atomic E-state index is 0.933. The Labute approximate surface area is 316 Å². The molecule has 0 aliphatic rings. The highest BCUT2D eigenvalue weighted by atomic mass is 32.1. The van der Waals surface area contributed by atoms with Gasteiger partial charge in [-0.2, -0.15) is 0 Å². The molecule has 9 aromatic carbocycles. The van der Waals surface area contributed by atoms with E-state index in [0.717, 1.165) is 28.1 Å². The topological polar surface area (TPSA) is 17.8 Å². The van der Waals surface area contributed by atoms with E-state index in [9.17, 15) is 0 Å². The third kappa shape index (κ3) is 4.90. The van der Waals surface area contributed by atoms with Gasteiger partial charge in [-0.3, -0.25) is 4.57 Å². The number of para-hydroxylation sites is 2. The quantitative estimate of drug-likeness (QED) is 0.163. The Morgan fingerprint density at radius 2 is 0.926 bits per heavy atom. The predicted octanol–water partition coefficient (Wildman–Crippen LogP) is 14.4. The van der Waals surface area contributed by atoms with Crippen molar-refractivity contribution in [2.45, 2.75) is 0 Å². The van der Waals surface area contributed by atoms with Gasteiger partial charge in [-0.1, -0.05) is 146 Å². The van der Waals surface area contributed by atoms with Crippen molar-refractivity contribution in [2.75, 3.05) is 0 Å². The highest BCUT2D eigenvalue weighted by Gasteiger charge is 2.20. The van der Waals surface area contributed by atoms with Crippen molar-refractivity contribution in [2.24, 2.45) is 0 Å². The van der Waals surface area contributed by atoms with Crippen LogP contribution in [0.2, 0.25) is 0 Å². The number of imidazole rings is 1. The maximum Gasteiger partial charge on any atom is 0.145 e. The molecule has 0 spiro atoms. The Balaban J connectivity index is 1.20. The standard InChI is InChI=1S/C51H32N2S/c1-3-14-33(15-4-1)35-26-28-42-44(31-35)50(37-27-29-48-43(32-37)39-20-9-12-25-47(39)54-48)41-22-8-7-21-40(41)49(42)36-18-13-19-38(30-36)53-46-24-11-10-23-45(46)52-51(53)34-16-5-2-6-17-34/h1-32H. The molecule has 0 aliphatic carbocycles. The molecule has 252 valence electrons. The van der Waals surface area contributed by atoms with Crippen LogP contribution in [0.4, 0.5) is 0 Å². The SMILES string of the molecule is c1ccc(-c2ccc3c(-c4cccc(-n5c(-c6ccccc6)nc6ccccc65)c4)c4ccccc4c(-c4ccc5sc6ccccc6c5c4)c3c2)cc1. The van der Waals surface area contributed by atoms with Crippen LogP contribution in [0, 0.1) is 0 Å². The van der Waals surface area contributed by atoms with Crippen molar-refractivity contribution >= 4 is 64.1 Å². The lowest BCUT2D eigenvalue weighted by Crippen LogP contribution is -1.98. The van der Waals surface area contributed by atoms with Gasteiger partial charge in [0.2, 0.25) is 0 Å². The summed E-state index contributed by atoms with van der Waals surface area (Å²) in [4.78, 5) is 5.15. The zero-order valence-corrected chi connectivity index (χ0v) is 30.1. The number of benzene rings is 9. The molecule has 11 aromatic rings. The summed E-state index contributed by atoms with van der Waals surface area (Å²) in [6.07, 6.45) is 0. The van der Waals surface area contributed by atoms with E-state index in [2.05, 4.69) is 199 Å². The van der Waals surface area contributed by atoms with Crippen molar-refractivity contribution in [3.05, 3.63) is 194 Å². The number of nitrogens with zero attached hydrogens (tertiary/aromatic N) is 2. The molecule has 3 heteroatoms. The van der Waals surface area contributed by atoms with Crippen molar-refractivity contribution in [1.29, 1.82) is 0 Å². The second kappa shape index (κ2) is 12.4. The van der Waals surface area contributed by atoms with Gasteiger partial charge in [0.25, 0.3) is 0 Å². The Kier molecular flexibility index (Phi) is 7.07. The van der Waals surface area contributed by atoms with Crippen LogP contribution in [0.15, 0.2) is 194 Å². The van der Waals surface area contributed by atoms with Crippen LogP contribution in [-0.4, -0.2) is 9.55 Å². The third-order valence-electron chi connectivity index (χ3n) is 10.8. The number of thiophene rings is 1. The van der Waals surface area contributed by atoms with Gasteiger partial charge >= 0.3 is 0 Å². The molecule has 0 bridgehead atoms. The first-order chi connectivity index (χ1) is 26.8. The number of aromatic nitrogens is 2. The number of rotatable bonds is 5. The van der Waals surface area contributed by atoms with E-state index in [1.165, 1.54) is 75.1 Å². The molecule has 0 radical (unpaired) electrons. The van der Waals surface area contributed by atoms with Gasteiger partial charge in [-0.15, -0.1) is 11.3 Å². The second-order valence-corrected chi connectivity index (χ2v) is 15.0. The summed E-state index contributed by atoms with van der Waals surface area (Å²) in [6.45, 7) is 0. The number of hydrogen-bond acceptors (Lipinski definition) is 2. The number of fused-ring (bicyclic) bond motifs is 6. The van der Waals surface area contributed by atoms with Crippen molar-refractivity contribution in [3.8, 4) is 50.5 Å². The molecule has 2 nitrogen and oxygen atoms in total. The van der Waals surface area contributed by atoms with Crippen molar-refractivity contribution < 1.29 is 0 Å². The first-order valence-electron chi connectivity index (χ1n) is 18.4. The van der Waals surface area contributed by atoms with Gasteiger partial charge in [0, 0.05) is 31.4 Å². The second-order valence-electron chi connectivity index (χ2n) is 13.9. The van der Waals surface area contributed by atoms with Crippen LogP contribution in [0.5, 0.6) is 0 Å². The molecular formula is C51H32N2S. The van der Waals surface area contributed by atoms with Crippen molar-refractivity contribution in [1.82, 2.24) is 9.55 Å². The molecule has 0 amide bonds. The fourth-order valence-electron chi connectivity index (χ4n) is 8.36. The first-order valence-corrected chi connectivity index (χ1v) is 19.2. The highest BCUT2D eigenvalue weighted by Crippen LogP contribution is 2.47. The minimum Gasteiger partial charge on any atom is -0.292 e. The van der Waals surface area contributed by atoms with E-state index in [1.807, 2.05) is 11.3 Å². The molecule has 11 rings (SSSR count). The predicted molar refractivity (Wildman–Crippen MR) is 231 cm³/mol. The molecular weight excluding hydrogens is 673 g/mol. The zero-order chi connectivity index (χ0) is 35.6. The van der Waals surface area contributed by atoms with E-state index in [0.29, 0.717) is 0 Å². The first kappa shape index (κ1) is 30.8. The van der Waals surface area contributed by atoms with E-state index in [4.69, 9.17) is 4.98 Å². The Hall–Kier alpha value is -6.81. The Bertz CT molecular complexity index is 3210. The molecule has 0 N–H and O–H groups in total. The van der Waals surface area contributed by atoms with Gasteiger partial charge in [0.1, 0.15) is 5.82 Å². The average Bonchev–Trinajstić information content (AvgIpc) is 3.82. The summed E-state index contributed by atoms with van der Waals surface area (Å²) in [5, 5.41) is 7.57. The molecule has 2 heterocycles. The fraction of sp³-hybridized carbons (Fsp3) is 0. The van der Waals surface area contributed by atoms with Crippen LogP contribution in [0.1, 0.15) is 0 Å². The number of hydrogen-bond donors (Lipinski definition) is 0. The van der Waals surface area contributed by atoms with Gasteiger partial charge in [0.15, 0.2) is 0 Å². The molecule has 2 aromatic heterocycles. The summed E-state index contributed by atoms with van der Waals surface area (Å²) in [6, 6.07) is 70.5. The largest absolute Gasteiger partial charge is 0.292 e. The van der Waals surface area contributed by atoms with Crippen LogP contribution >= 0.6 is 11.3 Å². The van der Waals surface area contributed by atoms with E-state index >= 15 is 0 Å². The molecule has 0 atom stereocenters. The summed E-state index contributed by atoms with van der Waals surface area (Å²) < 4.78 is 4.94. The van der Waals surface area contributed by atoms with Gasteiger partial charge in [-0.05, 0) is 103 Å². The monoisotopic (exact) mass is 704 g/mol. The maximum atomic E-state index is 5.15. The highest BCUT2D eigenvalue weighted by molar-refractivity contribution is 7.25. The van der Waals surface area contributed by atoms with Gasteiger partial charge in [-0.25, -0.2) is 4.98 Å². The van der Waals surface area contributed by atoms with E-state index in [1.54, 1.807) is 0 Å². The van der Waals surface area contributed by atoms with E-state index in [-0.39, 0.29) is 0 Å². The van der Waals surface area contributed by atoms with Crippen LogP contribution in [-0.2, 0) is 0 Å². The Morgan fingerprint density at radius 3 is 1.74 bits per heavy atom. The molecule has 54 heavy (non-hydrogen) atoms. The van der Waals surface area contributed by atoms with Crippen LogP contribution in [0.3, 0.4) is 0 Å². The molecule has 0 saturated carbocycles. The smallest absolute Gasteiger partial charge is 0.145 e. The summed E-state index contributed by atoms with van der Waals surface area (Å²) >= 11 is 1.87. The van der Waals surface area contributed by atoms with Gasteiger partial charge < -0.3 is 0 Å². The summed E-state index contributed by atoms with van der Waals surface area (Å²) in [5.41, 5.74) is 11.5. The molecule has 0 saturated heterocycles. The summed E-state index contributed by atoms with van der Waals surface area (Å²) in [7, 11) is 0. The van der Waals surface area contributed by atoms with E-state index < -0.39 is 0 Å². The summed E-state index contributed by atoms with van der Waals surface area (Å²) in [5.74, 6) is 0.933. The lowest BCUT2D eigenvalue weighted by atomic mass is 9.84. The molecule has 0 unspecified atom stereocenters. The molecule has 0 fully saturated rings. The average molecular weight is 705 g/mol. The Morgan fingerprint density at radius 1 is 0.352 bits per heavy atom. The van der Waals surface area contributed by atoms with Crippen LogP contribution < -0.4 is 0 Å². The van der Waals surface area contributed by atoms with Crippen molar-refractivity contribution in [3.63, 3.8) is 0 Å². The lowest BCUT2D eigenvalue weighted by molar-refractivity contribution is 1.10. The normalized spacial score (nSPS) is 11.7. The minimum atomic E-state index is 0.933. The molecule has 0 aliphatic heterocycles. The third-order valence-corrected chi connectivity index (χ3v) is 11.9. The lowest BCUT2D eigenvalue weighted by Gasteiger charge is -2.19. The van der Waals surface area contributed by atoms with Crippen LogP contribution in [0.25, 0.3) is 103 Å². The zero-order valence-electron chi connectivity index (χ0n) is 29.3. The fourth-order valence-corrected chi connectivity index (χ4v) is 9.45. The maximum absolute atomic E-state index is 5.15. The van der Waals surface area contributed by atoms with Gasteiger partial charge in [0.05, 0.1) is 11.0 Å².